The SMILES string of the molecule is CCSC1(CNC(=NC)N2CCN(C(=O)c3ccco3)CC2)CCOCC1.I. The summed E-state index contributed by atoms with van der Waals surface area (Å²) in [7, 11) is 1.83. The first-order valence-electron chi connectivity index (χ1n) is 9.67. The molecule has 2 saturated heterocycles. The molecular formula is C19H31IN4O3S. The molecule has 3 heterocycles. The zero-order valence-corrected chi connectivity index (χ0v) is 19.8. The summed E-state index contributed by atoms with van der Waals surface area (Å²) in [6.45, 7) is 7.65. The van der Waals surface area contributed by atoms with Crippen LogP contribution in [0.1, 0.15) is 30.3 Å². The van der Waals surface area contributed by atoms with Crippen LogP contribution < -0.4 is 5.32 Å². The predicted octanol–water partition coefficient (Wildman–Crippen LogP) is 2.53. The highest BCUT2D eigenvalue weighted by molar-refractivity contribution is 14.0. The van der Waals surface area contributed by atoms with Gasteiger partial charge < -0.3 is 24.3 Å². The number of carbonyl (C=O) groups excluding carboxylic acids is 1. The van der Waals surface area contributed by atoms with Crippen molar-refractivity contribution in [1.82, 2.24) is 15.1 Å². The first-order valence-corrected chi connectivity index (χ1v) is 10.7. The van der Waals surface area contributed by atoms with Crippen molar-refractivity contribution < 1.29 is 13.9 Å². The molecule has 0 radical (unpaired) electrons. The molecule has 28 heavy (non-hydrogen) atoms. The third-order valence-electron chi connectivity index (χ3n) is 5.23. The van der Waals surface area contributed by atoms with E-state index in [4.69, 9.17) is 9.15 Å². The summed E-state index contributed by atoms with van der Waals surface area (Å²) < 4.78 is 11.0. The molecule has 158 valence electrons. The van der Waals surface area contributed by atoms with Gasteiger partial charge in [0.05, 0.1) is 6.26 Å². The maximum Gasteiger partial charge on any atom is 0.289 e. The maximum absolute atomic E-state index is 12.4. The van der Waals surface area contributed by atoms with E-state index < -0.39 is 0 Å². The fourth-order valence-electron chi connectivity index (χ4n) is 3.67. The van der Waals surface area contributed by atoms with Crippen LogP contribution in [0.25, 0.3) is 0 Å². The Morgan fingerprint density at radius 1 is 1.25 bits per heavy atom. The van der Waals surface area contributed by atoms with E-state index >= 15 is 0 Å². The number of nitrogens with zero attached hydrogens (tertiary/aromatic N) is 3. The Labute approximate surface area is 188 Å². The van der Waals surface area contributed by atoms with Crippen LogP contribution in [-0.4, -0.2) is 85.2 Å². The number of ether oxygens (including phenoxy) is 1. The third kappa shape index (κ3) is 5.79. The number of aliphatic imine (C=N–C) groups is 1. The van der Waals surface area contributed by atoms with E-state index in [9.17, 15) is 4.79 Å². The number of guanidine groups is 1. The number of halogens is 1. The van der Waals surface area contributed by atoms with E-state index in [-0.39, 0.29) is 34.6 Å². The summed E-state index contributed by atoms with van der Waals surface area (Å²) in [5.74, 6) is 2.39. The smallest absolute Gasteiger partial charge is 0.289 e. The fourth-order valence-corrected chi connectivity index (χ4v) is 4.91. The van der Waals surface area contributed by atoms with Gasteiger partial charge in [-0.05, 0) is 30.7 Å². The highest BCUT2D eigenvalue weighted by atomic mass is 127. The molecule has 0 bridgehead atoms. The minimum atomic E-state index is -0.0388. The van der Waals surface area contributed by atoms with Crippen LogP contribution >= 0.6 is 35.7 Å². The molecule has 0 unspecified atom stereocenters. The Kier molecular flexibility index (Phi) is 9.42. The second-order valence-electron chi connectivity index (χ2n) is 6.89. The van der Waals surface area contributed by atoms with Gasteiger partial charge in [-0.15, -0.1) is 24.0 Å². The summed E-state index contributed by atoms with van der Waals surface area (Å²) in [5, 5.41) is 3.58. The van der Waals surface area contributed by atoms with Crippen LogP contribution in [0.3, 0.4) is 0 Å². The molecule has 1 amide bonds. The van der Waals surface area contributed by atoms with E-state index in [1.807, 2.05) is 23.7 Å². The topological polar surface area (TPSA) is 70.3 Å². The Morgan fingerprint density at radius 3 is 2.50 bits per heavy atom. The molecule has 7 nitrogen and oxygen atoms in total. The first kappa shape index (κ1) is 23.3. The number of hydrogen-bond donors (Lipinski definition) is 1. The second-order valence-corrected chi connectivity index (χ2v) is 8.62. The number of carbonyl (C=O) groups is 1. The number of nitrogens with one attached hydrogen (secondary N) is 1. The first-order chi connectivity index (χ1) is 13.2. The van der Waals surface area contributed by atoms with Crippen molar-refractivity contribution in [2.24, 2.45) is 4.99 Å². The van der Waals surface area contributed by atoms with Gasteiger partial charge in [0.15, 0.2) is 11.7 Å². The Hall–Kier alpha value is -0.940. The lowest BCUT2D eigenvalue weighted by Crippen LogP contribution is -2.55. The molecule has 1 aromatic heterocycles. The molecule has 2 fully saturated rings. The molecule has 3 rings (SSSR count). The Bertz CT molecular complexity index is 622. The second kappa shape index (κ2) is 11.3. The molecule has 2 aliphatic rings. The molecular weight excluding hydrogens is 491 g/mol. The lowest BCUT2D eigenvalue weighted by atomic mass is 9.99. The van der Waals surface area contributed by atoms with E-state index in [2.05, 4.69) is 22.1 Å². The largest absolute Gasteiger partial charge is 0.459 e. The molecule has 0 aliphatic carbocycles. The highest BCUT2D eigenvalue weighted by Crippen LogP contribution is 2.34. The summed E-state index contributed by atoms with van der Waals surface area (Å²) in [5.41, 5.74) is 0. The number of amides is 1. The number of piperazine rings is 1. The van der Waals surface area contributed by atoms with Gasteiger partial charge in [0.25, 0.3) is 5.91 Å². The van der Waals surface area contributed by atoms with Crippen LogP contribution in [-0.2, 0) is 4.74 Å². The average molecular weight is 522 g/mol. The van der Waals surface area contributed by atoms with E-state index in [0.717, 1.165) is 57.4 Å². The van der Waals surface area contributed by atoms with Gasteiger partial charge >= 0.3 is 0 Å². The minimum absolute atomic E-state index is 0. The number of rotatable bonds is 5. The summed E-state index contributed by atoms with van der Waals surface area (Å²) in [6, 6.07) is 3.46. The van der Waals surface area contributed by atoms with Crippen molar-refractivity contribution >= 4 is 47.6 Å². The zero-order chi connectivity index (χ0) is 19.1. The summed E-state index contributed by atoms with van der Waals surface area (Å²) >= 11 is 2.02. The van der Waals surface area contributed by atoms with Crippen molar-refractivity contribution in [3.63, 3.8) is 0 Å². The van der Waals surface area contributed by atoms with Gasteiger partial charge in [0.1, 0.15) is 0 Å². The van der Waals surface area contributed by atoms with Crippen molar-refractivity contribution in [3.8, 4) is 0 Å². The molecule has 9 heteroatoms. The summed E-state index contributed by atoms with van der Waals surface area (Å²) in [6.07, 6.45) is 3.68. The third-order valence-corrected chi connectivity index (χ3v) is 6.69. The predicted molar refractivity (Wildman–Crippen MR) is 124 cm³/mol. The van der Waals surface area contributed by atoms with Crippen molar-refractivity contribution in [2.45, 2.75) is 24.5 Å². The normalized spacial score (nSPS) is 19.9. The van der Waals surface area contributed by atoms with Crippen molar-refractivity contribution in [1.29, 1.82) is 0 Å². The molecule has 0 spiro atoms. The van der Waals surface area contributed by atoms with Gasteiger partial charge in [-0.1, -0.05) is 6.92 Å². The lowest BCUT2D eigenvalue weighted by molar-refractivity contribution is 0.0656. The van der Waals surface area contributed by atoms with Gasteiger partial charge in [0, 0.05) is 57.7 Å². The Balaban J connectivity index is 0.00000280. The molecule has 0 saturated carbocycles. The molecule has 1 N–H and O–H groups in total. The van der Waals surface area contributed by atoms with Crippen LogP contribution in [0.4, 0.5) is 0 Å². The number of thioether (sulfide) groups is 1. The van der Waals surface area contributed by atoms with Crippen LogP contribution in [0.2, 0.25) is 0 Å². The lowest BCUT2D eigenvalue weighted by Gasteiger charge is -2.40. The van der Waals surface area contributed by atoms with Gasteiger partial charge in [-0.2, -0.15) is 11.8 Å². The highest BCUT2D eigenvalue weighted by Gasteiger charge is 2.33. The van der Waals surface area contributed by atoms with Gasteiger partial charge in [0.2, 0.25) is 0 Å². The molecule has 0 atom stereocenters. The summed E-state index contributed by atoms with van der Waals surface area (Å²) in [4.78, 5) is 21.0. The molecule has 2 aliphatic heterocycles. The van der Waals surface area contributed by atoms with Gasteiger partial charge in [-0.25, -0.2) is 0 Å². The van der Waals surface area contributed by atoms with Crippen LogP contribution in [0.5, 0.6) is 0 Å². The zero-order valence-electron chi connectivity index (χ0n) is 16.7. The maximum atomic E-state index is 12.4. The molecule has 0 aromatic carbocycles. The average Bonchev–Trinajstić information content (AvgIpc) is 3.24. The Morgan fingerprint density at radius 2 is 1.93 bits per heavy atom. The number of furan rings is 1. The standard InChI is InChI=1S/C19H30N4O3S.HI/c1-3-27-19(6-13-25-14-7-19)15-21-18(20-2)23-10-8-22(9-11-23)17(24)16-5-4-12-26-16;/h4-5,12H,3,6-11,13-15H2,1-2H3,(H,20,21);1H. The fraction of sp³-hybridized carbons (Fsp3) is 0.684. The van der Waals surface area contributed by atoms with Gasteiger partial charge in [-0.3, -0.25) is 9.79 Å². The number of hydrogen-bond acceptors (Lipinski definition) is 5. The van der Waals surface area contributed by atoms with Crippen molar-refractivity contribution in [2.75, 3.05) is 58.7 Å². The monoisotopic (exact) mass is 522 g/mol. The molecule has 1 aromatic rings. The van der Waals surface area contributed by atoms with E-state index in [0.29, 0.717) is 18.8 Å². The van der Waals surface area contributed by atoms with Crippen LogP contribution in [0, 0.1) is 0 Å². The van der Waals surface area contributed by atoms with Crippen molar-refractivity contribution in [3.05, 3.63) is 24.2 Å². The minimum Gasteiger partial charge on any atom is -0.459 e. The van der Waals surface area contributed by atoms with E-state index in [1.54, 1.807) is 12.1 Å². The van der Waals surface area contributed by atoms with Crippen LogP contribution in [0.15, 0.2) is 27.8 Å². The van der Waals surface area contributed by atoms with E-state index in [1.165, 1.54) is 6.26 Å². The quantitative estimate of drug-likeness (QED) is 0.364.